The van der Waals surface area contributed by atoms with E-state index in [9.17, 15) is 4.79 Å². The average Bonchev–Trinajstić information content (AvgIpc) is 3.25. The number of amides is 1. The molecule has 0 spiro atoms. The molecule has 0 saturated heterocycles. The molecule has 138 valence electrons. The number of ether oxygens (including phenoxy) is 2. The smallest absolute Gasteiger partial charge is 0.234 e. The van der Waals surface area contributed by atoms with Crippen molar-refractivity contribution in [3.8, 4) is 17.2 Å². The zero-order valence-electron chi connectivity index (χ0n) is 15.1. The number of nitrogens with one attached hydrogen (secondary N) is 1. The first-order chi connectivity index (χ1) is 13.1. The van der Waals surface area contributed by atoms with Gasteiger partial charge >= 0.3 is 0 Å². The maximum absolute atomic E-state index is 12.4. The number of aryl methyl sites for hydroxylation is 1. The summed E-state index contributed by atoms with van der Waals surface area (Å²) in [5.74, 6) is 1.57. The van der Waals surface area contributed by atoms with Crippen LogP contribution in [0.15, 0.2) is 53.4 Å². The Morgan fingerprint density at radius 2 is 1.93 bits per heavy atom. The molecule has 3 aromatic rings. The summed E-state index contributed by atoms with van der Waals surface area (Å²) in [4.78, 5) is 13.4. The van der Waals surface area contributed by atoms with Crippen LogP contribution in [0.1, 0.15) is 11.4 Å². The van der Waals surface area contributed by atoms with Gasteiger partial charge in [-0.25, -0.2) is 4.68 Å². The molecule has 7 heteroatoms. The molecule has 1 N–H and O–H groups in total. The molecule has 6 nitrogen and oxygen atoms in total. The molecule has 0 bridgehead atoms. The van der Waals surface area contributed by atoms with E-state index >= 15 is 0 Å². The molecule has 1 amide bonds. The number of fused-ring (bicyclic) bond motifs is 1. The van der Waals surface area contributed by atoms with Crippen molar-refractivity contribution in [1.29, 1.82) is 0 Å². The summed E-state index contributed by atoms with van der Waals surface area (Å²) in [6, 6.07) is 15.3. The van der Waals surface area contributed by atoms with E-state index in [0.29, 0.717) is 22.9 Å². The molecular weight excluding hydrogens is 362 g/mol. The standard InChI is InChI=1S/C20H19N3O3S/c1-13-20(14(2)23(22-13)16-6-4-3-5-7-16)27-11-19(24)21-15-8-9-17-18(10-15)26-12-25-17/h3-10H,11-12H2,1-2H3,(H,21,24). The second-order valence-electron chi connectivity index (χ2n) is 6.15. The number of para-hydroxylation sites is 1. The Balaban J connectivity index is 1.43. The number of nitrogens with zero attached hydrogens (tertiary/aromatic N) is 2. The number of aromatic nitrogens is 2. The first-order valence-corrected chi connectivity index (χ1v) is 9.54. The maximum atomic E-state index is 12.4. The van der Waals surface area contributed by atoms with Crippen LogP contribution in [0.25, 0.3) is 5.69 Å². The van der Waals surface area contributed by atoms with Gasteiger partial charge in [-0.15, -0.1) is 11.8 Å². The summed E-state index contributed by atoms with van der Waals surface area (Å²) in [6.45, 7) is 4.20. The lowest BCUT2D eigenvalue weighted by Crippen LogP contribution is -2.14. The van der Waals surface area contributed by atoms with Gasteiger partial charge in [0.15, 0.2) is 11.5 Å². The topological polar surface area (TPSA) is 65.4 Å². The van der Waals surface area contributed by atoms with Gasteiger partial charge in [-0.05, 0) is 38.1 Å². The molecule has 27 heavy (non-hydrogen) atoms. The molecular formula is C20H19N3O3S. The summed E-state index contributed by atoms with van der Waals surface area (Å²) < 4.78 is 12.5. The van der Waals surface area contributed by atoms with Gasteiger partial charge in [0, 0.05) is 11.8 Å². The number of hydrogen-bond acceptors (Lipinski definition) is 5. The van der Waals surface area contributed by atoms with Gasteiger partial charge in [-0.3, -0.25) is 4.79 Å². The number of hydrogen-bond donors (Lipinski definition) is 1. The summed E-state index contributed by atoms with van der Waals surface area (Å²) in [7, 11) is 0. The Hall–Kier alpha value is -2.93. The molecule has 1 aliphatic heterocycles. The number of anilines is 1. The third kappa shape index (κ3) is 3.64. The summed E-state index contributed by atoms with van der Waals surface area (Å²) >= 11 is 1.49. The number of thioether (sulfide) groups is 1. The largest absolute Gasteiger partial charge is 0.454 e. The van der Waals surface area contributed by atoms with Gasteiger partial charge in [0.2, 0.25) is 12.7 Å². The summed E-state index contributed by atoms with van der Waals surface area (Å²) in [5, 5.41) is 7.51. The van der Waals surface area contributed by atoms with E-state index < -0.39 is 0 Å². The monoisotopic (exact) mass is 381 g/mol. The zero-order valence-corrected chi connectivity index (χ0v) is 15.9. The fourth-order valence-electron chi connectivity index (χ4n) is 2.97. The van der Waals surface area contributed by atoms with Crippen LogP contribution in [0.2, 0.25) is 0 Å². The molecule has 2 heterocycles. The van der Waals surface area contributed by atoms with E-state index in [1.807, 2.05) is 48.9 Å². The Morgan fingerprint density at radius 3 is 2.74 bits per heavy atom. The highest BCUT2D eigenvalue weighted by molar-refractivity contribution is 8.00. The molecule has 0 aliphatic carbocycles. The molecule has 1 aromatic heterocycles. The fraction of sp³-hybridized carbons (Fsp3) is 0.200. The first-order valence-electron chi connectivity index (χ1n) is 8.56. The Labute approximate surface area is 161 Å². The fourth-order valence-corrected chi connectivity index (χ4v) is 3.86. The molecule has 4 rings (SSSR count). The molecule has 0 fully saturated rings. The lowest BCUT2D eigenvalue weighted by molar-refractivity contribution is -0.113. The van der Waals surface area contributed by atoms with Crippen LogP contribution in [0.4, 0.5) is 5.69 Å². The van der Waals surface area contributed by atoms with E-state index in [0.717, 1.165) is 22.0 Å². The zero-order chi connectivity index (χ0) is 18.8. The van der Waals surface area contributed by atoms with Gasteiger partial charge in [-0.2, -0.15) is 5.10 Å². The minimum Gasteiger partial charge on any atom is -0.454 e. The third-order valence-corrected chi connectivity index (χ3v) is 5.52. The van der Waals surface area contributed by atoms with Gasteiger partial charge in [-0.1, -0.05) is 18.2 Å². The van der Waals surface area contributed by atoms with Gasteiger partial charge in [0.1, 0.15) is 0 Å². The number of carbonyl (C=O) groups is 1. The minimum absolute atomic E-state index is 0.0786. The first kappa shape index (κ1) is 17.5. The lowest BCUT2D eigenvalue weighted by Gasteiger charge is -2.07. The highest BCUT2D eigenvalue weighted by Gasteiger charge is 2.16. The van der Waals surface area contributed by atoms with Crippen LogP contribution >= 0.6 is 11.8 Å². The molecule has 0 saturated carbocycles. The van der Waals surface area contributed by atoms with Gasteiger partial charge < -0.3 is 14.8 Å². The molecule has 0 radical (unpaired) electrons. The molecule has 2 aromatic carbocycles. The van der Waals surface area contributed by atoms with E-state index in [-0.39, 0.29) is 12.7 Å². The quantitative estimate of drug-likeness (QED) is 0.678. The number of rotatable bonds is 5. The number of benzene rings is 2. The second-order valence-corrected chi connectivity index (χ2v) is 7.14. The van der Waals surface area contributed by atoms with Crippen LogP contribution in [0.5, 0.6) is 11.5 Å². The Morgan fingerprint density at radius 1 is 1.15 bits per heavy atom. The predicted molar refractivity (Wildman–Crippen MR) is 105 cm³/mol. The normalized spacial score (nSPS) is 12.2. The van der Waals surface area contributed by atoms with Crippen molar-refractivity contribution < 1.29 is 14.3 Å². The highest BCUT2D eigenvalue weighted by Crippen LogP contribution is 2.34. The predicted octanol–water partition coefficient (Wildman–Crippen LogP) is 3.95. The summed E-state index contributed by atoms with van der Waals surface area (Å²) in [6.07, 6.45) is 0. The van der Waals surface area contributed by atoms with Gasteiger partial charge in [0.25, 0.3) is 0 Å². The van der Waals surface area contributed by atoms with Crippen molar-refractivity contribution in [3.63, 3.8) is 0 Å². The molecule has 0 unspecified atom stereocenters. The SMILES string of the molecule is Cc1nn(-c2ccccc2)c(C)c1SCC(=O)Nc1ccc2c(c1)OCO2. The van der Waals surface area contributed by atoms with E-state index in [1.54, 1.807) is 18.2 Å². The van der Waals surface area contributed by atoms with Crippen molar-refractivity contribution in [3.05, 3.63) is 59.9 Å². The van der Waals surface area contributed by atoms with E-state index in [2.05, 4.69) is 10.4 Å². The van der Waals surface area contributed by atoms with Crippen molar-refractivity contribution in [2.24, 2.45) is 0 Å². The highest BCUT2D eigenvalue weighted by atomic mass is 32.2. The van der Waals surface area contributed by atoms with Crippen LogP contribution in [-0.4, -0.2) is 28.2 Å². The van der Waals surface area contributed by atoms with E-state index in [4.69, 9.17) is 9.47 Å². The summed E-state index contributed by atoms with van der Waals surface area (Å²) in [5.41, 5.74) is 3.64. The minimum atomic E-state index is -0.0786. The van der Waals surface area contributed by atoms with Gasteiger partial charge in [0.05, 0.1) is 27.7 Å². The van der Waals surface area contributed by atoms with Crippen LogP contribution in [0.3, 0.4) is 0 Å². The lowest BCUT2D eigenvalue weighted by atomic mass is 10.3. The van der Waals surface area contributed by atoms with E-state index in [1.165, 1.54) is 11.8 Å². The Kier molecular flexibility index (Phi) is 4.77. The van der Waals surface area contributed by atoms with Crippen molar-refractivity contribution in [2.45, 2.75) is 18.7 Å². The van der Waals surface area contributed by atoms with Crippen LogP contribution < -0.4 is 14.8 Å². The van der Waals surface area contributed by atoms with Crippen molar-refractivity contribution >= 4 is 23.4 Å². The Bertz CT molecular complexity index is 986. The van der Waals surface area contributed by atoms with Crippen LogP contribution in [0, 0.1) is 13.8 Å². The molecule has 0 atom stereocenters. The average molecular weight is 381 g/mol. The molecule has 1 aliphatic rings. The maximum Gasteiger partial charge on any atom is 0.234 e. The second kappa shape index (κ2) is 7.36. The third-order valence-electron chi connectivity index (χ3n) is 4.23. The van der Waals surface area contributed by atoms with Crippen LogP contribution in [-0.2, 0) is 4.79 Å². The van der Waals surface area contributed by atoms with Crippen molar-refractivity contribution in [2.75, 3.05) is 17.9 Å². The number of carbonyl (C=O) groups excluding carboxylic acids is 1. The van der Waals surface area contributed by atoms with Crippen molar-refractivity contribution in [1.82, 2.24) is 9.78 Å².